The number of nitriles is 1. The molecule has 0 saturated carbocycles. The predicted molar refractivity (Wildman–Crippen MR) is 82.2 cm³/mol. The molecule has 0 saturated heterocycles. The average Bonchev–Trinajstić information content (AvgIpc) is 2.48. The molecule has 1 N–H and O–H groups in total. The standard InChI is InChI=1S/C17H17N3/c1-13(20-14(2)19-12-18)15-8-10-17(11-9-15)16-6-4-3-5-7-16/h3-11,13H,1-2H3,(H,19,20)/t13-/m0/s1. The fourth-order valence-corrected chi connectivity index (χ4v) is 2.06. The summed E-state index contributed by atoms with van der Waals surface area (Å²) in [7, 11) is 0. The number of rotatable bonds is 3. The van der Waals surface area contributed by atoms with E-state index in [9.17, 15) is 0 Å². The summed E-state index contributed by atoms with van der Waals surface area (Å²) in [4.78, 5) is 4.42. The van der Waals surface area contributed by atoms with Crippen molar-refractivity contribution in [1.29, 1.82) is 5.26 Å². The van der Waals surface area contributed by atoms with Crippen LogP contribution in [-0.2, 0) is 0 Å². The highest BCUT2D eigenvalue weighted by Gasteiger charge is 2.04. The Balaban J connectivity index is 2.17. The van der Waals surface area contributed by atoms with Gasteiger partial charge in [0, 0.05) is 0 Å². The summed E-state index contributed by atoms with van der Waals surface area (Å²) in [5.74, 6) is 0.632. The van der Waals surface area contributed by atoms with Crippen molar-refractivity contribution in [2.45, 2.75) is 19.9 Å². The number of nitrogens with one attached hydrogen (secondary N) is 1. The molecule has 0 aliphatic heterocycles. The number of aliphatic imine (C=N–C) groups is 1. The highest BCUT2D eigenvalue weighted by molar-refractivity contribution is 5.81. The molecule has 20 heavy (non-hydrogen) atoms. The van der Waals surface area contributed by atoms with Gasteiger partial charge in [-0.1, -0.05) is 54.6 Å². The molecule has 0 aliphatic carbocycles. The third-order valence-electron chi connectivity index (χ3n) is 3.12. The lowest BCUT2D eigenvalue weighted by molar-refractivity contribution is 0.812. The molecule has 0 bridgehead atoms. The van der Waals surface area contributed by atoms with E-state index in [1.54, 1.807) is 6.92 Å². The summed E-state index contributed by atoms with van der Waals surface area (Å²) in [6.07, 6.45) is 1.87. The number of benzene rings is 2. The lowest BCUT2D eigenvalue weighted by atomic mass is 10.0. The minimum atomic E-state index is 0.0284. The van der Waals surface area contributed by atoms with Gasteiger partial charge in [-0.25, -0.2) is 0 Å². The van der Waals surface area contributed by atoms with E-state index in [0.717, 1.165) is 5.56 Å². The van der Waals surface area contributed by atoms with Crippen LogP contribution in [0.4, 0.5) is 0 Å². The Morgan fingerprint density at radius 1 is 1.05 bits per heavy atom. The molecule has 0 heterocycles. The first kappa shape index (κ1) is 13.8. The van der Waals surface area contributed by atoms with E-state index < -0.39 is 0 Å². The molecule has 0 fully saturated rings. The highest BCUT2D eigenvalue weighted by Crippen LogP contribution is 2.23. The molecule has 0 aromatic heterocycles. The first-order chi connectivity index (χ1) is 9.70. The molecule has 0 radical (unpaired) electrons. The first-order valence-corrected chi connectivity index (χ1v) is 6.55. The molecule has 2 aromatic carbocycles. The zero-order chi connectivity index (χ0) is 14.4. The second kappa shape index (κ2) is 6.53. The topological polar surface area (TPSA) is 48.2 Å². The van der Waals surface area contributed by atoms with E-state index in [1.807, 2.05) is 31.3 Å². The van der Waals surface area contributed by atoms with Crippen LogP contribution in [0.5, 0.6) is 0 Å². The second-order valence-electron chi connectivity index (χ2n) is 4.62. The van der Waals surface area contributed by atoms with E-state index in [0.29, 0.717) is 5.84 Å². The molecule has 3 heteroatoms. The Bertz CT molecular complexity index is 622. The van der Waals surface area contributed by atoms with E-state index >= 15 is 0 Å². The van der Waals surface area contributed by atoms with Crippen molar-refractivity contribution in [2.75, 3.05) is 0 Å². The fourth-order valence-electron chi connectivity index (χ4n) is 2.06. The van der Waals surface area contributed by atoms with Crippen LogP contribution in [0.25, 0.3) is 11.1 Å². The van der Waals surface area contributed by atoms with Gasteiger partial charge in [-0.05, 0) is 30.5 Å². The molecule has 0 unspecified atom stereocenters. The van der Waals surface area contributed by atoms with Crippen molar-refractivity contribution in [3.63, 3.8) is 0 Å². The lowest BCUT2D eigenvalue weighted by Crippen LogP contribution is -2.14. The summed E-state index contributed by atoms with van der Waals surface area (Å²) < 4.78 is 0. The minimum absolute atomic E-state index is 0.0284. The average molecular weight is 263 g/mol. The maximum absolute atomic E-state index is 8.54. The third kappa shape index (κ3) is 3.46. The molecule has 0 spiro atoms. The van der Waals surface area contributed by atoms with Crippen LogP contribution in [0.2, 0.25) is 0 Å². The van der Waals surface area contributed by atoms with Gasteiger partial charge in [0.2, 0.25) is 0 Å². The van der Waals surface area contributed by atoms with Gasteiger partial charge in [-0.3, -0.25) is 10.3 Å². The van der Waals surface area contributed by atoms with Crippen LogP contribution in [-0.4, -0.2) is 5.84 Å². The summed E-state index contributed by atoms with van der Waals surface area (Å²) in [6.45, 7) is 3.80. The largest absolute Gasteiger partial charge is 0.281 e. The van der Waals surface area contributed by atoms with Crippen LogP contribution in [0.15, 0.2) is 59.6 Å². The normalized spacial score (nSPS) is 12.6. The van der Waals surface area contributed by atoms with Gasteiger partial charge in [0.05, 0.1) is 6.04 Å². The maximum Gasteiger partial charge on any atom is 0.182 e. The van der Waals surface area contributed by atoms with E-state index in [2.05, 4.69) is 46.7 Å². The van der Waals surface area contributed by atoms with Crippen molar-refractivity contribution < 1.29 is 0 Å². The van der Waals surface area contributed by atoms with Crippen LogP contribution in [0.1, 0.15) is 25.5 Å². The quantitative estimate of drug-likeness (QED) is 0.395. The molecular formula is C17H17N3. The molecule has 3 nitrogen and oxygen atoms in total. The summed E-state index contributed by atoms with van der Waals surface area (Å²) >= 11 is 0. The second-order valence-corrected chi connectivity index (χ2v) is 4.62. The minimum Gasteiger partial charge on any atom is -0.281 e. The zero-order valence-corrected chi connectivity index (χ0v) is 11.7. The van der Waals surface area contributed by atoms with Crippen LogP contribution >= 0.6 is 0 Å². The summed E-state index contributed by atoms with van der Waals surface area (Å²) in [5, 5.41) is 11.1. The molecule has 100 valence electrons. The van der Waals surface area contributed by atoms with Crippen molar-refractivity contribution in [3.05, 3.63) is 60.2 Å². The number of hydrogen-bond donors (Lipinski definition) is 1. The fraction of sp³-hybridized carbons (Fsp3) is 0.176. The van der Waals surface area contributed by atoms with Gasteiger partial charge in [0.25, 0.3) is 0 Å². The van der Waals surface area contributed by atoms with Gasteiger partial charge in [0.15, 0.2) is 6.19 Å². The zero-order valence-electron chi connectivity index (χ0n) is 11.7. The van der Waals surface area contributed by atoms with Crippen molar-refractivity contribution in [3.8, 4) is 17.3 Å². The van der Waals surface area contributed by atoms with Gasteiger partial charge < -0.3 is 0 Å². The van der Waals surface area contributed by atoms with Gasteiger partial charge >= 0.3 is 0 Å². The van der Waals surface area contributed by atoms with Crippen LogP contribution in [0, 0.1) is 11.5 Å². The number of nitrogens with zero attached hydrogens (tertiary/aromatic N) is 2. The van der Waals surface area contributed by atoms with E-state index in [-0.39, 0.29) is 6.04 Å². The molecular weight excluding hydrogens is 246 g/mol. The Morgan fingerprint density at radius 2 is 1.65 bits per heavy atom. The molecule has 1 atom stereocenters. The Hall–Kier alpha value is -2.60. The smallest absolute Gasteiger partial charge is 0.182 e. The van der Waals surface area contributed by atoms with E-state index in [4.69, 9.17) is 5.26 Å². The maximum atomic E-state index is 8.54. The Morgan fingerprint density at radius 3 is 2.25 bits per heavy atom. The van der Waals surface area contributed by atoms with Gasteiger partial charge in [0.1, 0.15) is 5.84 Å². The first-order valence-electron chi connectivity index (χ1n) is 6.55. The van der Waals surface area contributed by atoms with Crippen molar-refractivity contribution >= 4 is 5.84 Å². The van der Waals surface area contributed by atoms with Gasteiger partial charge in [-0.15, -0.1) is 0 Å². The highest BCUT2D eigenvalue weighted by atomic mass is 15.0. The molecule has 2 rings (SSSR count). The summed E-state index contributed by atoms with van der Waals surface area (Å²) in [6, 6.07) is 18.7. The number of amidine groups is 1. The van der Waals surface area contributed by atoms with Crippen molar-refractivity contribution in [1.82, 2.24) is 5.32 Å². The Kier molecular flexibility index (Phi) is 4.52. The Labute approximate surface area is 119 Å². The van der Waals surface area contributed by atoms with Crippen molar-refractivity contribution in [2.24, 2.45) is 4.99 Å². The molecule has 2 aromatic rings. The molecule has 0 amide bonds. The monoisotopic (exact) mass is 263 g/mol. The van der Waals surface area contributed by atoms with E-state index in [1.165, 1.54) is 11.1 Å². The lowest BCUT2D eigenvalue weighted by Gasteiger charge is -2.09. The SMILES string of the molecule is CC(=N[C@@H](C)c1ccc(-c2ccccc2)cc1)NC#N. The van der Waals surface area contributed by atoms with Gasteiger partial charge in [-0.2, -0.15) is 5.26 Å². The molecule has 0 aliphatic rings. The number of hydrogen-bond acceptors (Lipinski definition) is 2. The summed E-state index contributed by atoms with van der Waals surface area (Å²) in [5.41, 5.74) is 3.53. The van der Waals surface area contributed by atoms with Crippen LogP contribution in [0.3, 0.4) is 0 Å². The van der Waals surface area contributed by atoms with Crippen LogP contribution < -0.4 is 5.32 Å². The predicted octanol–water partition coefficient (Wildman–Crippen LogP) is 3.90. The third-order valence-corrected chi connectivity index (χ3v) is 3.12.